The molecule has 1 amide bonds. The molecule has 0 radical (unpaired) electrons. The molecule has 3 rings (SSSR count). The van der Waals surface area contributed by atoms with Crippen molar-refractivity contribution in [1.29, 1.82) is 0 Å². The standard InChI is InChI=1S/C16H20N8O2S/c1-10(2)13(15-19-14(21-26-15)11-4-7-17-8-5-11)18-12(25)6-9-27-16-20-22-23-24(16)3/h4-5,7-8,10,13H,6,9H2,1-3H3,(H,18,25). The van der Waals surface area contributed by atoms with Crippen LogP contribution in [-0.4, -0.2) is 47.0 Å². The van der Waals surface area contributed by atoms with Crippen LogP contribution in [0.2, 0.25) is 0 Å². The molecule has 0 aliphatic carbocycles. The molecule has 0 aliphatic rings. The molecular weight excluding hydrogens is 368 g/mol. The average molecular weight is 388 g/mol. The van der Waals surface area contributed by atoms with E-state index in [-0.39, 0.29) is 17.9 Å². The zero-order valence-electron chi connectivity index (χ0n) is 15.2. The third-order valence-corrected chi connectivity index (χ3v) is 4.78. The number of aromatic nitrogens is 7. The molecule has 1 N–H and O–H groups in total. The number of tetrazole rings is 1. The molecule has 11 heteroatoms. The maximum atomic E-state index is 12.3. The van der Waals surface area contributed by atoms with Crippen molar-refractivity contribution >= 4 is 17.7 Å². The normalized spacial score (nSPS) is 12.3. The number of nitrogens with zero attached hydrogens (tertiary/aromatic N) is 7. The second kappa shape index (κ2) is 8.71. The van der Waals surface area contributed by atoms with E-state index in [1.807, 2.05) is 13.8 Å². The molecule has 0 spiro atoms. The number of rotatable bonds is 8. The van der Waals surface area contributed by atoms with E-state index in [0.717, 1.165) is 5.56 Å². The van der Waals surface area contributed by atoms with Gasteiger partial charge in [0.05, 0.1) is 0 Å². The molecule has 0 fully saturated rings. The predicted octanol–water partition coefficient (Wildman–Crippen LogP) is 1.65. The maximum absolute atomic E-state index is 12.3. The molecule has 3 aromatic heterocycles. The summed E-state index contributed by atoms with van der Waals surface area (Å²) in [6.07, 6.45) is 3.65. The van der Waals surface area contributed by atoms with Gasteiger partial charge >= 0.3 is 0 Å². The predicted molar refractivity (Wildman–Crippen MR) is 97.4 cm³/mol. The molecule has 3 heterocycles. The van der Waals surface area contributed by atoms with Crippen LogP contribution in [0, 0.1) is 5.92 Å². The van der Waals surface area contributed by atoms with Gasteiger partial charge in [0.1, 0.15) is 6.04 Å². The maximum Gasteiger partial charge on any atom is 0.249 e. The zero-order valence-corrected chi connectivity index (χ0v) is 16.1. The lowest BCUT2D eigenvalue weighted by Gasteiger charge is -2.18. The first-order valence-electron chi connectivity index (χ1n) is 8.43. The summed E-state index contributed by atoms with van der Waals surface area (Å²) >= 11 is 1.42. The first-order valence-corrected chi connectivity index (χ1v) is 9.41. The van der Waals surface area contributed by atoms with E-state index in [4.69, 9.17) is 4.52 Å². The van der Waals surface area contributed by atoms with E-state index in [9.17, 15) is 4.79 Å². The molecule has 142 valence electrons. The molecule has 10 nitrogen and oxygen atoms in total. The number of hydrogen-bond acceptors (Lipinski definition) is 9. The minimum atomic E-state index is -0.359. The fourth-order valence-electron chi connectivity index (χ4n) is 2.32. The largest absolute Gasteiger partial charge is 0.344 e. The van der Waals surface area contributed by atoms with Gasteiger partial charge in [0.25, 0.3) is 0 Å². The number of carbonyl (C=O) groups excluding carboxylic acids is 1. The Kier molecular flexibility index (Phi) is 6.12. The van der Waals surface area contributed by atoms with Crippen LogP contribution in [0.1, 0.15) is 32.2 Å². The molecule has 1 unspecified atom stereocenters. The van der Waals surface area contributed by atoms with Crippen LogP contribution in [-0.2, 0) is 11.8 Å². The summed E-state index contributed by atoms with van der Waals surface area (Å²) in [5.74, 6) is 1.42. The fourth-order valence-corrected chi connectivity index (χ4v) is 3.11. The zero-order chi connectivity index (χ0) is 19.2. The van der Waals surface area contributed by atoms with Gasteiger partial charge in [-0.05, 0) is 28.5 Å². The van der Waals surface area contributed by atoms with Crippen LogP contribution in [0.25, 0.3) is 11.4 Å². The van der Waals surface area contributed by atoms with Crippen LogP contribution in [0.15, 0.2) is 34.2 Å². The van der Waals surface area contributed by atoms with Gasteiger partial charge in [0.2, 0.25) is 22.8 Å². The Morgan fingerprint density at radius 2 is 2.11 bits per heavy atom. The van der Waals surface area contributed by atoms with E-state index < -0.39 is 0 Å². The Morgan fingerprint density at radius 1 is 1.33 bits per heavy atom. The van der Waals surface area contributed by atoms with Crippen LogP contribution >= 0.6 is 11.8 Å². The summed E-state index contributed by atoms with van der Waals surface area (Å²) < 4.78 is 6.96. The molecule has 0 saturated heterocycles. The van der Waals surface area contributed by atoms with Crippen molar-refractivity contribution < 1.29 is 9.32 Å². The van der Waals surface area contributed by atoms with E-state index in [1.165, 1.54) is 11.8 Å². The van der Waals surface area contributed by atoms with Crippen molar-refractivity contribution in [3.8, 4) is 11.4 Å². The van der Waals surface area contributed by atoms with Crippen LogP contribution in [0.4, 0.5) is 0 Å². The van der Waals surface area contributed by atoms with Crippen LogP contribution in [0.3, 0.4) is 0 Å². The van der Waals surface area contributed by atoms with E-state index >= 15 is 0 Å². The number of pyridine rings is 1. The Labute approximate surface area is 160 Å². The van der Waals surface area contributed by atoms with Gasteiger partial charge in [-0.1, -0.05) is 30.8 Å². The summed E-state index contributed by atoms with van der Waals surface area (Å²) in [5.41, 5.74) is 0.808. The van der Waals surface area contributed by atoms with Crippen molar-refractivity contribution in [3.05, 3.63) is 30.4 Å². The molecule has 0 aromatic carbocycles. The summed E-state index contributed by atoms with van der Waals surface area (Å²) in [6.45, 7) is 3.97. The Bertz CT molecular complexity index is 879. The highest BCUT2D eigenvalue weighted by Gasteiger charge is 2.24. The highest BCUT2D eigenvalue weighted by Crippen LogP contribution is 2.23. The van der Waals surface area contributed by atoms with Gasteiger partial charge < -0.3 is 9.84 Å². The van der Waals surface area contributed by atoms with Gasteiger partial charge in [-0.2, -0.15) is 4.98 Å². The molecule has 27 heavy (non-hydrogen) atoms. The van der Waals surface area contributed by atoms with Crippen LogP contribution < -0.4 is 5.32 Å². The van der Waals surface area contributed by atoms with Crippen molar-refractivity contribution in [2.75, 3.05) is 5.75 Å². The Balaban J connectivity index is 1.60. The highest BCUT2D eigenvalue weighted by molar-refractivity contribution is 7.99. The number of nitrogens with one attached hydrogen (secondary N) is 1. The van der Waals surface area contributed by atoms with E-state index in [1.54, 1.807) is 36.3 Å². The fraction of sp³-hybridized carbons (Fsp3) is 0.438. The lowest BCUT2D eigenvalue weighted by molar-refractivity contribution is -0.122. The number of amides is 1. The summed E-state index contributed by atoms with van der Waals surface area (Å²) in [4.78, 5) is 20.7. The number of aryl methyl sites for hydroxylation is 1. The van der Waals surface area contributed by atoms with Crippen molar-refractivity contribution in [2.45, 2.75) is 31.5 Å². The van der Waals surface area contributed by atoms with E-state index in [0.29, 0.717) is 29.0 Å². The molecule has 1 atom stereocenters. The summed E-state index contributed by atoms with van der Waals surface area (Å²) in [7, 11) is 1.76. The molecule has 0 bridgehead atoms. The van der Waals surface area contributed by atoms with Crippen molar-refractivity contribution in [1.82, 2.24) is 40.6 Å². The molecule has 0 saturated carbocycles. The minimum Gasteiger partial charge on any atom is -0.344 e. The third-order valence-electron chi connectivity index (χ3n) is 3.77. The van der Waals surface area contributed by atoms with Crippen LogP contribution in [0.5, 0.6) is 0 Å². The lowest BCUT2D eigenvalue weighted by atomic mass is 10.0. The van der Waals surface area contributed by atoms with Gasteiger partial charge in [-0.15, -0.1) is 5.10 Å². The topological polar surface area (TPSA) is 125 Å². The second-order valence-electron chi connectivity index (χ2n) is 6.16. The number of thioether (sulfide) groups is 1. The molecule has 0 aliphatic heterocycles. The minimum absolute atomic E-state index is 0.0929. The van der Waals surface area contributed by atoms with Gasteiger partial charge in [0, 0.05) is 37.2 Å². The van der Waals surface area contributed by atoms with Crippen molar-refractivity contribution in [3.63, 3.8) is 0 Å². The first kappa shape index (κ1) is 19.0. The van der Waals surface area contributed by atoms with Gasteiger partial charge in [-0.25, -0.2) is 4.68 Å². The lowest BCUT2D eigenvalue weighted by Crippen LogP contribution is -2.32. The van der Waals surface area contributed by atoms with Crippen molar-refractivity contribution in [2.24, 2.45) is 13.0 Å². The van der Waals surface area contributed by atoms with Gasteiger partial charge in [-0.3, -0.25) is 9.78 Å². The number of carbonyl (C=O) groups is 1. The highest BCUT2D eigenvalue weighted by atomic mass is 32.2. The smallest absolute Gasteiger partial charge is 0.249 e. The summed E-state index contributed by atoms with van der Waals surface area (Å²) in [6, 6.07) is 3.24. The Hall–Kier alpha value is -2.82. The first-order chi connectivity index (χ1) is 13.0. The third kappa shape index (κ3) is 4.88. The summed E-state index contributed by atoms with van der Waals surface area (Å²) in [5, 5.41) is 18.8. The Morgan fingerprint density at radius 3 is 2.78 bits per heavy atom. The average Bonchev–Trinajstić information content (AvgIpc) is 3.30. The van der Waals surface area contributed by atoms with Gasteiger partial charge in [0.15, 0.2) is 0 Å². The molecule has 3 aromatic rings. The second-order valence-corrected chi connectivity index (χ2v) is 7.23. The quantitative estimate of drug-likeness (QED) is 0.573. The monoisotopic (exact) mass is 388 g/mol. The number of hydrogen-bond donors (Lipinski definition) is 1. The molecular formula is C16H20N8O2S. The van der Waals surface area contributed by atoms with E-state index in [2.05, 4.69) is 36.0 Å². The SMILES string of the molecule is CC(C)C(NC(=O)CCSc1nnnn1C)c1nc(-c2ccncc2)no1.